The largest absolute Gasteiger partial charge is 0.467 e. The number of nitrogens with zero attached hydrogens (tertiary/aromatic N) is 2. The van der Waals surface area contributed by atoms with Gasteiger partial charge in [-0.05, 0) is 41.8 Å². The van der Waals surface area contributed by atoms with Gasteiger partial charge in [0, 0.05) is 22.9 Å². The third kappa shape index (κ3) is 3.12. The van der Waals surface area contributed by atoms with Crippen molar-refractivity contribution in [3.8, 4) is 0 Å². The average molecular weight is 327 g/mol. The van der Waals surface area contributed by atoms with Crippen molar-refractivity contribution in [1.29, 1.82) is 0 Å². The maximum absolute atomic E-state index is 12.5. The molecule has 1 fully saturated rings. The fraction of sp³-hybridized carbons (Fsp3) is 0.462. The van der Waals surface area contributed by atoms with Crippen LogP contribution in [0.25, 0.3) is 0 Å². The molecule has 1 atom stereocenters. The molecule has 0 unspecified atom stereocenters. The summed E-state index contributed by atoms with van der Waals surface area (Å²) < 4.78 is 5.46. The van der Waals surface area contributed by atoms with Gasteiger partial charge in [0.15, 0.2) is 0 Å². The van der Waals surface area contributed by atoms with E-state index < -0.39 is 12.0 Å². The van der Waals surface area contributed by atoms with Crippen molar-refractivity contribution in [2.45, 2.75) is 31.8 Å². The average Bonchev–Trinajstić information content (AvgIpc) is 3.22. The molecule has 0 bridgehead atoms. The quantitative estimate of drug-likeness (QED) is 0.794. The standard InChI is InChI=1S/C13H15BrN2O3/c1-8(13(18)19-2)16(11-3-4-11)12(17)9-5-10(14)7-15-6-9/h5-8,11H,3-4H2,1-2H3/t8-/m0/s1. The molecular formula is C13H15BrN2O3. The highest BCUT2D eigenvalue weighted by Gasteiger charge is 2.39. The molecule has 1 amide bonds. The number of carbonyl (C=O) groups excluding carboxylic acids is 2. The lowest BCUT2D eigenvalue weighted by Gasteiger charge is -2.27. The van der Waals surface area contributed by atoms with Crippen LogP contribution in [0, 0.1) is 0 Å². The number of esters is 1. The zero-order chi connectivity index (χ0) is 14.0. The van der Waals surface area contributed by atoms with Crippen LogP contribution < -0.4 is 0 Å². The summed E-state index contributed by atoms with van der Waals surface area (Å²) in [5.74, 6) is -0.586. The zero-order valence-corrected chi connectivity index (χ0v) is 12.4. The van der Waals surface area contributed by atoms with Gasteiger partial charge < -0.3 is 9.64 Å². The fourth-order valence-corrected chi connectivity index (χ4v) is 2.34. The summed E-state index contributed by atoms with van der Waals surface area (Å²) in [4.78, 5) is 29.7. The first-order valence-corrected chi connectivity index (χ1v) is 6.85. The van der Waals surface area contributed by atoms with Gasteiger partial charge in [-0.25, -0.2) is 4.79 Å². The van der Waals surface area contributed by atoms with Crippen LogP contribution in [0.3, 0.4) is 0 Å². The summed E-state index contributed by atoms with van der Waals surface area (Å²) in [6.45, 7) is 1.69. The number of hydrogen-bond donors (Lipinski definition) is 0. The summed E-state index contributed by atoms with van der Waals surface area (Å²) in [5, 5.41) is 0. The van der Waals surface area contributed by atoms with E-state index in [4.69, 9.17) is 4.74 Å². The highest BCUT2D eigenvalue weighted by molar-refractivity contribution is 9.10. The van der Waals surface area contributed by atoms with Gasteiger partial charge in [-0.2, -0.15) is 0 Å². The molecule has 1 aliphatic carbocycles. The number of halogens is 1. The maximum Gasteiger partial charge on any atom is 0.328 e. The van der Waals surface area contributed by atoms with E-state index in [1.165, 1.54) is 13.3 Å². The number of methoxy groups -OCH3 is 1. The van der Waals surface area contributed by atoms with Gasteiger partial charge in [0.1, 0.15) is 6.04 Å². The van der Waals surface area contributed by atoms with Crippen LogP contribution in [0.2, 0.25) is 0 Å². The first-order valence-electron chi connectivity index (χ1n) is 6.05. The normalized spacial score (nSPS) is 15.7. The molecule has 1 saturated carbocycles. The van der Waals surface area contributed by atoms with Crippen LogP contribution >= 0.6 is 15.9 Å². The number of ether oxygens (including phenoxy) is 1. The van der Waals surface area contributed by atoms with Crippen LogP contribution in [0.4, 0.5) is 0 Å². The van der Waals surface area contributed by atoms with Crippen molar-refractivity contribution in [2.24, 2.45) is 0 Å². The molecule has 0 spiro atoms. The van der Waals surface area contributed by atoms with Crippen LogP contribution in [0.1, 0.15) is 30.1 Å². The van der Waals surface area contributed by atoms with Crippen molar-refractivity contribution in [1.82, 2.24) is 9.88 Å². The lowest BCUT2D eigenvalue weighted by Crippen LogP contribution is -2.45. The molecule has 2 rings (SSSR count). The van der Waals surface area contributed by atoms with E-state index in [2.05, 4.69) is 20.9 Å². The monoisotopic (exact) mass is 326 g/mol. The first-order chi connectivity index (χ1) is 9.04. The first kappa shape index (κ1) is 14.0. The minimum Gasteiger partial charge on any atom is -0.467 e. The Balaban J connectivity index is 2.24. The Hall–Kier alpha value is -1.43. The number of rotatable bonds is 4. The molecule has 1 heterocycles. The maximum atomic E-state index is 12.5. The second-order valence-corrected chi connectivity index (χ2v) is 5.45. The summed E-state index contributed by atoms with van der Waals surface area (Å²) in [6, 6.07) is 1.25. The van der Waals surface area contributed by atoms with Crippen LogP contribution in [0.15, 0.2) is 22.9 Å². The topological polar surface area (TPSA) is 59.5 Å². The lowest BCUT2D eigenvalue weighted by atomic mass is 10.2. The predicted octanol–water partition coefficient (Wildman–Crippen LogP) is 2.01. The Labute approximate surface area is 120 Å². The summed E-state index contributed by atoms with van der Waals surface area (Å²) >= 11 is 3.29. The second-order valence-electron chi connectivity index (χ2n) is 4.53. The van der Waals surface area contributed by atoms with E-state index in [9.17, 15) is 9.59 Å². The molecular weight excluding hydrogens is 312 g/mol. The van der Waals surface area contributed by atoms with Gasteiger partial charge in [-0.3, -0.25) is 9.78 Å². The van der Waals surface area contributed by atoms with Gasteiger partial charge in [-0.1, -0.05) is 0 Å². The Kier molecular flexibility index (Phi) is 4.19. The Bertz CT molecular complexity index is 502. The molecule has 0 aliphatic heterocycles. The molecule has 19 heavy (non-hydrogen) atoms. The Morgan fingerprint density at radius 2 is 2.16 bits per heavy atom. The smallest absolute Gasteiger partial charge is 0.328 e. The van der Waals surface area contributed by atoms with E-state index in [-0.39, 0.29) is 11.9 Å². The zero-order valence-electron chi connectivity index (χ0n) is 10.8. The Morgan fingerprint density at radius 1 is 1.47 bits per heavy atom. The second kappa shape index (κ2) is 5.69. The molecule has 0 radical (unpaired) electrons. The highest BCUT2D eigenvalue weighted by Crippen LogP contribution is 2.30. The van der Waals surface area contributed by atoms with Gasteiger partial charge in [0.05, 0.1) is 12.7 Å². The molecule has 0 N–H and O–H groups in total. The number of pyridine rings is 1. The third-order valence-corrected chi connectivity index (χ3v) is 3.52. The van der Waals surface area contributed by atoms with E-state index in [0.29, 0.717) is 5.56 Å². The highest BCUT2D eigenvalue weighted by atomic mass is 79.9. The molecule has 5 nitrogen and oxygen atoms in total. The van der Waals surface area contributed by atoms with Crippen LogP contribution in [0.5, 0.6) is 0 Å². The van der Waals surface area contributed by atoms with Crippen LogP contribution in [-0.2, 0) is 9.53 Å². The van der Waals surface area contributed by atoms with Gasteiger partial charge in [-0.15, -0.1) is 0 Å². The number of aromatic nitrogens is 1. The predicted molar refractivity (Wildman–Crippen MR) is 72.6 cm³/mol. The van der Waals surface area contributed by atoms with Crippen molar-refractivity contribution < 1.29 is 14.3 Å². The number of carbonyl (C=O) groups is 2. The molecule has 0 saturated heterocycles. The van der Waals surface area contributed by atoms with E-state index in [0.717, 1.165) is 17.3 Å². The van der Waals surface area contributed by atoms with E-state index >= 15 is 0 Å². The number of amides is 1. The summed E-state index contributed by atoms with van der Waals surface area (Å²) in [5.41, 5.74) is 0.469. The Morgan fingerprint density at radius 3 is 2.68 bits per heavy atom. The minimum atomic E-state index is -0.580. The fourth-order valence-electron chi connectivity index (χ4n) is 1.97. The van der Waals surface area contributed by atoms with Gasteiger partial charge >= 0.3 is 5.97 Å². The third-order valence-electron chi connectivity index (χ3n) is 3.09. The van der Waals surface area contributed by atoms with E-state index in [1.54, 1.807) is 24.1 Å². The van der Waals surface area contributed by atoms with Gasteiger partial charge in [0.2, 0.25) is 0 Å². The molecule has 1 aromatic heterocycles. The van der Waals surface area contributed by atoms with Crippen molar-refractivity contribution in [3.63, 3.8) is 0 Å². The van der Waals surface area contributed by atoms with Crippen molar-refractivity contribution in [3.05, 3.63) is 28.5 Å². The molecule has 102 valence electrons. The van der Waals surface area contributed by atoms with Crippen molar-refractivity contribution in [2.75, 3.05) is 7.11 Å². The molecule has 1 aliphatic rings. The molecule has 6 heteroatoms. The number of hydrogen-bond acceptors (Lipinski definition) is 4. The van der Waals surface area contributed by atoms with Gasteiger partial charge in [0.25, 0.3) is 5.91 Å². The lowest BCUT2D eigenvalue weighted by molar-refractivity contribution is -0.145. The SMILES string of the molecule is COC(=O)[C@H](C)N(C(=O)c1cncc(Br)c1)C1CC1. The van der Waals surface area contributed by atoms with E-state index in [1.807, 2.05) is 0 Å². The van der Waals surface area contributed by atoms with Crippen molar-refractivity contribution >= 4 is 27.8 Å². The molecule has 1 aromatic rings. The van der Waals surface area contributed by atoms with Crippen LogP contribution in [-0.4, -0.2) is 41.0 Å². The summed E-state index contributed by atoms with van der Waals surface area (Å²) in [6.07, 6.45) is 4.97. The molecule has 0 aromatic carbocycles. The minimum absolute atomic E-state index is 0.126. The summed E-state index contributed by atoms with van der Waals surface area (Å²) in [7, 11) is 1.33.